The first-order valence-corrected chi connectivity index (χ1v) is 6.47. The van der Waals surface area contributed by atoms with Gasteiger partial charge in [-0.1, -0.05) is 6.07 Å². The third-order valence-electron chi connectivity index (χ3n) is 3.28. The van der Waals surface area contributed by atoms with Gasteiger partial charge in [-0.3, -0.25) is 0 Å². The van der Waals surface area contributed by atoms with Crippen molar-refractivity contribution >= 4 is 11.4 Å². The Balaban J connectivity index is 1.94. The van der Waals surface area contributed by atoms with E-state index < -0.39 is 0 Å². The van der Waals surface area contributed by atoms with Gasteiger partial charge in [0.05, 0.1) is 6.61 Å². The molecule has 0 saturated carbocycles. The lowest BCUT2D eigenvalue weighted by Gasteiger charge is -2.34. The van der Waals surface area contributed by atoms with Crippen molar-refractivity contribution in [2.45, 2.75) is 0 Å². The van der Waals surface area contributed by atoms with Crippen LogP contribution in [0.15, 0.2) is 18.2 Å². The van der Waals surface area contributed by atoms with Gasteiger partial charge in [-0.25, -0.2) is 0 Å². The number of nitrogens with one attached hydrogen (secondary N) is 1. The Hall–Kier alpha value is -1.26. The van der Waals surface area contributed by atoms with Crippen molar-refractivity contribution in [3.05, 3.63) is 24.3 Å². The predicted octanol–water partition coefficient (Wildman–Crippen LogP) is 1.30. The second kappa shape index (κ2) is 6.61. The largest absolute Gasteiger partial charge is 0.383 e. The van der Waals surface area contributed by atoms with Crippen LogP contribution < -0.4 is 10.2 Å². The number of piperazine rings is 1. The molecule has 0 unspecified atom stereocenters. The highest BCUT2D eigenvalue weighted by Crippen LogP contribution is 2.20. The van der Waals surface area contributed by atoms with E-state index in [0.717, 1.165) is 38.4 Å². The molecule has 1 saturated heterocycles. The van der Waals surface area contributed by atoms with E-state index in [1.54, 1.807) is 7.11 Å². The third-order valence-corrected chi connectivity index (χ3v) is 3.28. The average molecular weight is 248 g/mol. The topological polar surface area (TPSA) is 27.7 Å². The molecule has 1 aliphatic rings. The Labute approximate surface area is 110 Å². The Morgan fingerprint density at radius 1 is 1.33 bits per heavy atom. The van der Waals surface area contributed by atoms with Crippen molar-refractivity contribution in [2.75, 3.05) is 63.7 Å². The van der Waals surface area contributed by atoms with Crippen LogP contribution in [0, 0.1) is 6.07 Å². The summed E-state index contributed by atoms with van der Waals surface area (Å²) in [4.78, 5) is 4.79. The van der Waals surface area contributed by atoms with Crippen molar-refractivity contribution < 1.29 is 4.74 Å². The van der Waals surface area contributed by atoms with Gasteiger partial charge in [-0.05, 0) is 19.2 Å². The molecular weight excluding hydrogens is 226 g/mol. The molecule has 0 aliphatic carbocycles. The smallest absolute Gasteiger partial charge is 0.0635 e. The van der Waals surface area contributed by atoms with Gasteiger partial charge in [0.1, 0.15) is 0 Å². The molecule has 0 bridgehead atoms. The highest BCUT2D eigenvalue weighted by molar-refractivity contribution is 5.57. The summed E-state index contributed by atoms with van der Waals surface area (Å²) in [5.74, 6) is 0. The lowest BCUT2D eigenvalue weighted by molar-refractivity contribution is 0.211. The number of ether oxygens (including phenoxy) is 1. The summed E-state index contributed by atoms with van der Waals surface area (Å²) in [5, 5.41) is 3.32. The number of nitrogens with zero attached hydrogens (tertiary/aromatic N) is 2. The first-order chi connectivity index (χ1) is 8.79. The molecule has 99 valence electrons. The van der Waals surface area contributed by atoms with Crippen LogP contribution in [-0.4, -0.2) is 58.4 Å². The van der Waals surface area contributed by atoms with Gasteiger partial charge in [-0.2, -0.15) is 0 Å². The first kappa shape index (κ1) is 13.2. The monoisotopic (exact) mass is 248 g/mol. The van der Waals surface area contributed by atoms with Crippen molar-refractivity contribution in [3.8, 4) is 0 Å². The molecule has 4 heteroatoms. The first-order valence-electron chi connectivity index (χ1n) is 6.47. The minimum atomic E-state index is 0.715. The highest BCUT2D eigenvalue weighted by atomic mass is 16.5. The molecule has 1 aromatic carbocycles. The van der Waals surface area contributed by atoms with E-state index in [0.29, 0.717) is 6.61 Å². The summed E-state index contributed by atoms with van der Waals surface area (Å²) >= 11 is 0. The maximum Gasteiger partial charge on any atom is 0.0635 e. The zero-order chi connectivity index (χ0) is 12.8. The Morgan fingerprint density at radius 3 is 2.83 bits per heavy atom. The molecule has 0 aromatic heterocycles. The highest BCUT2D eigenvalue weighted by Gasteiger charge is 2.14. The summed E-state index contributed by atoms with van der Waals surface area (Å²) in [7, 11) is 3.89. The third kappa shape index (κ3) is 3.62. The molecule has 1 radical (unpaired) electrons. The zero-order valence-electron chi connectivity index (χ0n) is 11.3. The molecule has 1 aliphatic heterocycles. The molecule has 18 heavy (non-hydrogen) atoms. The molecule has 0 atom stereocenters. The van der Waals surface area contributed by atoms with Crippen molar-refractivity contribution in [1.82, 2.24) is 4.90 Å². The van der Waals surface area contributed by atoms with Gasteiger partial charge in [0.2, 0.25) is 0 Å². The van der Waals surface area contributed by atoms with Crippen LogP contribution >= 0.6 is 0 Å². The van der Waals surface area contributed by atoms with Crippen LogP contribution in [0.5, 0.6) is 0 Å². The van der Waals surface area contributed by atoms with Gasteiger partial charge in [0.15, 0.2) is 0 Å². The second-order valence-electron chi connectivity index (χ2n) is 4.67. The van der Waals surface area contributed by atoms with E-state index in [1.165, 1.54) is 5.69 Å². The van der Waals surface area contributed by atoms with Crippen LogP contribution in [-0.2, 0) is 4.74 Å². The molecule has 0 amide bonds. The second-order valence-corrected chi connectivity index (χ2v) is 4.67. The fraction of sp³-hybridized carbons (Fsp3) is 0.571. The molecule has 1 heterocycles. The standard InChI is InChI=1S/C14H22N3O/c1-16-7-9-17(10-8-16)14-5-3-4-13(12-14)15-6-11-18-2/h3,5,12,15H,6-11H2,1-2H3. The maximum absolute atomic E-state index is 5.03. The fourth-order valence-corrected chi connectivity index (χ4v) is 2.11. The number of likely N-dealkylation sites (N-methyl/N-ethyl adjacent to an activating group) is 1. The fourth-order valence-electron chi connectivity index (χ4n) is 2.11. The normalized spacial score (nSPS) is 16.9. The minimum Gasteiger partial charge on any atom is -0.383 e. The zero-order valence-corrected chi connectivity index (χ0v) is 11.3. The van der Waals surface area contributed by atoms with Crippen LogP contribution in [0.25, 0.3) is 0 Å². The molecule has 0 spiro atoms. The molecular formula is C14H22N3O. The number of benzene rings is 1. The number of hydrogen-bond donors (Lipinski definition) is 1. The quantitative estimate of drug-likeness (QED) is 0.795. The summed E-state index contributed by atoms with van der Waals surface area (Å²) in [6.45, 7) is 5.98. The van der Waals surface area contributed by atoms with E-state index in [-0.39, 0.29) is 0 Å². The van der Waals surface area contributed by atoms with E-state index in [4.69, 9.17) is 4.74 Å². The van der Waals surface area contributed by atoms with Crippen LogP contribution in [0.2, 0.25) is 0 Å². The maximum atomic E-state index is 5.03. The van der Waals surface area contributed by atoms with Crippen LogP contribution in [0.3, 0.4) is 0 Å². The Bertz CT molecular complexity index is 362. The van der Waals surface area contributed by atoms with Gasteiger partial charge in [0.25, 0.3) is 0 Å². The van der Waals surface area contributed by atoms with Crippen molar-refractivity contribution in [2.24, 2.45) is 0 Å². The number of methoxy groups -OCH3 is 1. The summed E-state index contributed by atoms with van der Waals surface area (Å²) in [6.07, 6.45) is 0. The van der Waals surface area contributed by atoms with Gasteiger partial charge >= 0.3 is 0 Å². The summed E-state index contributed by atoms with van der Waals surface area (Å²) in [5.41, 5.74) is 2.32. The lowest BCUT2D eigenvalue weighted by Crippen LogP contribution is -2.44. The Kier molecular flexibility index (Phi) is 4.84. The Morgan fingerprint density at radius 2 is 2.11 bits per heavy atom. The average Bonchev–Trinajstić information content (AvgIpc) is 2.40. The molecule has 4 nitrogen and oxygen atoms in total. The van der Waals surface area contributed by atoms with Gasteiger partial charge < -0.3 is 19.9 Å². The number of hydrogen-bond acceptors (Lipinski definition) is 4. The molecule has 1 aromatic rings. The summed E-state index contributed by atoms with van der Waals surface area (Å²) < 4.78 is 5.03. The van der Waals surface area contributed by atoms with Crippen molar-refractivity contribution in [3.63, 3.8) is 0 Å². The number of rotatable bonds is 5. The van der Waals surface area contributed by atoms with Crippen LogP contribution in [0.1, 0.15) is 0 Å². The number of anilines is 2. The van der Waals surface area contributed by atoms with E-state index >= 15 is 0 Å². The molecule has 2 rings (SSSR count). The van der Waals surface area contributed by atoms with Gasteiger partial charge in [-0.15, -0.1) is 0 Å². The van der Waals surface area contributed by atoms with E-state index in [9.17, 15) is 0 Å². The SMILES string of the molecule is COCCNc1[c]ccc(N2CCN(C)CC2)c1. The van der Waals surface area contributed by atoms with E-state index in [2.05, 4.69) is 40.4 Å². The van der Waals surface area contributed by atoms with E-state index in [1.807, 2.05) is 6.07 Å². The minimum absolute atomic E-state index is 0.715. The lowest BCUT2D eigenvalue weighted by atomic mass is 10.2. The summed E-state index contributed by atoms with van der Waals surface area (Å²) in [6, 6.07) is 9.50. The predicted molar refractivity (Wildman–Crippen MR) is 75.4 cm³/mol. The molecule has 1 fully saturated rings. The van der Waals surface area contributed by atoms with Crippen molar-refractivity contribution in [1.29, 1.82) is 0 Å². The van der Waals surface area contributed by atoms with Crippen LogP contribution in [0.4, 0.5) is 11.4 Å². The molecule has 1 N–H and O–H groups in total. The van der Waals surface area contributed by atoms with Gasteiger partial charge in [0, 0.05) is 57.3 Å².